The number of rotatable bonds is 1. The maximum Gasteiger partial charge on any atom is 0.384 e. The summed E-state index contributed by atoms with van der Waals surface area (Å²) < 4.78 is 21.7. The minimum absolute atomic E-state index is 0.0205. The van der Waals surface area contributed by atoms with Gasteiger partial charge in [0, 0.05) is 30.6 Å². The number of ether oxygens (including phenoxy) is 1. The van der Waals surface area contributed by atoms with Gasteiger partial charge in [-0.2, -0.15) is 0 Å². The molecule has 0 aromatic heterocycles. The first kappa shape index (κ1) is 23.5. The third-order valence-corrected chi connectivity index (χ3v) is 7.71. The second kappa shape index (κ2) is 8.63. The number of morpholine rings is 1. The second-order valence-electron chi connectivity index (χ2n) is 11.3. The molecule has 0 amide bonds. The van der Waals surface area contributed by atoms with Crippen molar-refractivity contribution in [1.82, 2.24) is 4.67 Å². The molecule has 0 spiro atoms. The van der Waals surface area contributed by atoms with Crippen molar-refractivity contribution in [2.24, 2.45) is 0 Å². The zero-order chi connectivity index (χ0) is 23.3. The predicted octanol–water partition coefficient (Wildman–Crippen LogP) is 6.82. The summed E-state index contributed by atoms with van der Waals surface area (Å²) in [5, 5.41) is 0. The lowest BCUT2D eigenvalue weighted by atomic mass is 9.81. The van der Waals surface area contributed by atoms with Crippen molar-refractivity contribution >= 4 is 8.53 Å². The van der Waals surface area contributed by atoms with Crippen molar-refractivity contribution in [2.45, 2.75) is 72.6 Å². The zero-order valence-electron chi connectivity index (χ0n) is 21.0. The van der Waals surface area contributed by atoms with Crippen molar-refractivity contribution in [3.8, 4) is 11.5 Å². The molecule has 5 heteroatoms. The van der Waals surface area contributed by atoms with Crippen LogP contribution in [0.5, 0.6) is 11.5 Å². The highest BCUT2D eigenvalue weighted by Crippen LogP contribution is 2.53. The molecule has 4 nitrogen and oxygen atoms in total. The molecule has 4 rings (SSSR count). The fourth-order valence-corrected chi connectivity index (χ4v) is 6.00. The van der Waals surface area contributed by atoms with Gasteiger partial charge in [0.25, 0.3) is 0 Å². The third kappa shape index (κ3) is 4.83. The Morgan fingerprint density at radius 3 is 1.56 bits per heavy atom. The zero-order valence-corrected chi connectivity index (χ0v) is 21.9. The largest absolute Gasteiger partial charge is 0.426 e. The van der Waals surface area contributed by atoms with Crippen molar-refractivity contribution in [1.29, 1.82) is 0 Å². The van der Waals surface area contributed by atoms with E-state index in [1.165, 1.54) is 33.4 Å². The molecule has 2 aliphatic heterocycles. The molecule has 2 aromatic carbocycles. The van der Waals surface area contributed by atoms with Crippen LogP contribution in [0.4, 0.5) is 0 Å². The summed E-state index contributed by atoms with van der Waals surface area (Å²) in [7, 11) is -1.30. The predicted molar refractivity (Wildman–Crippen MR) is 133 cm³/mol. The molecule has 2 aliphatic rings. The van der Waals surface area contributed by atoms with Crippen LogP contribution in [0.1, 0.15) is 74.9 Å². The summed E-state index contributed by atoms with van der Waals surface area (Å²) in [6.07, 6.45) is 0.812. The number of nitrogens with zero attached hydrogens (tertiary/aromatic N) is 1. The van der Waals surface area contributed by atoms with Crippen LogP contribution >= 0.6 is 8.53 Å². The quantitative estimate of drug-likeness (QED) is 0.442. The van der Waals surface area contributed by atoms with Gasteiger partial charge in [0.05, 0.1) is 13.2 Å². The van der Waals surface area contributed by atoms with Crippen LogP contribution in [-0.2, 0) is 22.0 Å². The van der Waals surface area contributed by atoms with Gasteiger partial charge in [-0.15, -0.1) is 0 Å². The van der Waals surface area contributed by atoms with Crippen LogP contribution in [-0.4, -0.2) is 31.0 Å². The van der Waals surface area contributed by atoms with Gasteiger partial charge in [0.2, 0.25) is 0 Å². The van der Waals surface area contributed by atoms with Gasteiger partial charge in [-0.1, -0.05) is 76.9 Å². The number of hydrogen-bond donors (Lipinski definition) is 0. The molecule has 0 N–H and O–H groups in total. The van der Waals surface area contributed by atoms with Crippen molar-refractivity contribution < 1.29 is 13.8 Å². The van der Waals surface area contributed by atoms with Gasteiger partial charge in [-0.3, -0.25) is 0 Å². The Balaban J connectivity index is 1.94. The van der Waals surface area contributed by atoms with Crippen molar-refractivity contribution in [3.05, 3.63) is 57.6 Å². The van der Waals surface area contributed by atoms with E-state index in [2.05, 4.69) is 84.3 Å². The summed E-state index contributed by atoms with van der Waals surface area (Å²) >= 11 is 0. The van der Waals surface area contributed by atoms with E-state index in [9.17, 15) is 0 Å². The molecule has 2 aromatic rings. The molecule has 0 bridgehead atoms. The number of benzene rings is 2. The van der Waals surface area contributed by atoms with Crippen LogP contribution in [0.3, 0.4) is 0 Å². The summed E-state index contributed by atoms with van der Waals surface area (Å²) in [4.78, 5) is 0. The lowest BCUT2D eigenvalue weighted by Crippen LogP contribution is -2.35. The minimum atomic E-state index is -1.30. The maximum atomic E-state index is 6.86. The van der Waals surface area contributed by atoms with E-state index >= 15 is 0 Å². The smallest absolute Gasteiger partial charge is 0.384 e. The summed E-state index contributed by atoms with van der Waals surface area (Å²) in [5.41, 5.74) is 7.53. The van der Waals surface area contributed by atoms with E-state index < -0.39 is 8.53 Å². The molecule has 0 radical (unpaired) electrons. The molecular weight excluding hydrogens is 417 g/mol. The fraction of sp³-hybridized carbons (Fsp3) is 0.556. The molecule has 32 heavy (non-hydrogen) atoms. The molecule has 0 unspecified atom stereocenters. The topological polar surface area (TPSA) is 30.9 Å². The van der Waals surface area contributed by atoms with E-state index in [4.69, 9.17) is 13.8 Å². The van der Waals surface area contributed by atoms with Gasteiger partial charge in [-0.05, 0) is 35.8 Å². The Morgan fingerprint density at radius 2 is 1.16 bits per heavy atom. The van der Waals surface area contributed by atoms with E-state index in [0.29, 0.717) is 13.2 Å². The highest BCUT2D eigenvalue weighted by atomic mass is 31.2. The molecule has 1 fully saturated rings. The first-order chi connectivity index (χ1) is 14.9. The summed E-state index contributed by atoms with van der Waals surface area (Å²) in [6, 6.07) is 9.16. The van der Waals surface area contributed by atoms with Crippen LogP contribution in [0.25, 0.3) is 0 Å². The highest BCUT2D eigenvalue weighted by Gasteiger charge is 2.35. The first-order valence-electron chi connectivity index (χ1n) is 11.7. The third-order valence-electron chi connectivity index (χ3n) is 6.17. The lowest BCUT2D eigenvalue weighted by molar-refractivity contribution is 0.0683. The monoisotopic (exact) mass is 455 g/mol. The fourth-order valence-electron chi connectivity index (χ4n) is 4.50. The maximum absolute atomic E-state index is 6.86. The molecular formula is C27H38NO3P. The van der Waals surface area contributed by atoms with Gasteiger partial charge < -0.3 is 13.8 Å². The molecule has 1 saturated heterocycles. The van der Waals surface area contributed by atoms with Crippen molar-refractivity contribution in [3.63, 3.8) is 0 Å². The SMILES string of the molecule is Cc1cc2c(c(C(C)(C)C)c1)OP(N1CCOCC1)Oc1c(cc(C)cc1C(C)(C)C)C2. The standard InChI is InChI=1S/C27H38NO3P/c1-18-13-20-17-21-14-19(2)16-23(27(6,7)8)25(21)31-32(28-9-11-29-12-10-28)30-24(20)22(15-18)26(3,4)5/h13-16H,9-12,17H2,1-8H3. The molecule has 0 aliphatic carbocycles. The van der Waals surface area contributed by atoms with Gasteiger partial charge in [0.1, 0.15) is 11.5 Å². The van der Waals surface area contributed by atoms with E-state index in [1.807, 2.05) is 0 Å². The van der Waals surface area contributed by atoms with Crippen LogP contribution in [0.2, 0.25) is 0 Å². The molecule has 174 valence electrons. The first-order valence-corrected chi connectivity index (χ1v) is 12.8. The molecule has 2 heterocycles. The lowest BCUT2D eigenvalue weighted by Gasteiger charge is -2.37. The molecule has 0 atom stereocenters. The number of hydrogen-bond acceptors (Lipinski definition) is 4. The second-order valence-corrected chi connectivity index (χ2v) is 12.7. The Hall–Kier alpha value is -1.61. The summed E-state index contributed by atoms with van der Waals surface area (Å²) in [6.45, 7) is 21.0. The van der Waals surface area contributed by atoms with E-state index in [0.717, 1.165) is 31.0 Å². The van der Waals surface area contributed by atoms with Gasteiger partial charge in [0.15, 0.2) is 0 Å². The van der Waals surface area contributed by atoms with E-state index in [1.54, 1.807) is 0 Å². The van der Waals surface area contributed by atoms with Crippen LogP contribution in [0.15, 0.2) is 24.3 Å². The van der Waals surface area contributed by atoms with Gasteiger partial charge in [-0.25, -0.2) is 4.67 Å². The summed E-state index contributed by atoms with van der Waals surface area (Å²) in [5.74, 6) is 2.01. The minimum Gasteiger partial charge on any atom is -0.426 e. The highest BCUT2D eigenvalue weighted by molar-refractivity contribution is 7.45. The Bertz CT molecular complexity index is 926. The number of aryl methyl sites for hydroxylation is 2. The van der Waals surface area contributed by atoms with Crippen LogP contribution < -0.4 is 9.05 Å². The van der Waals surface area contributed by atoms with Crippen molar-refractivity contribution in [2.75, 3.05) is 26.3 Å². The normalized spacial score (nSPS) is 18.1. The Kier molecular flexibility index (Phi) is 6.35. The average molecular weight is 456 g/mol. The Morgan fingerprint density at radius 1 is 0.719 bits per heavy atom. The molecule has 0 saturated carbocycles. The average Bonchev–Trinajstić information content (AvgIpc) is 2.67. The van der Waals surface area contributed by atoms with E-state index in [-0.39, 0.29) is 10.8 Å². The van der Waals surface area contributed by atoms with Crippen LogP contribution in [0, 0.1) is 13.8 Å². The Labute approximate surface area is 195 Å². The number of fused-ring (bicyclic) bond motifs is 2. The van der Waals surface area contributed by atoms with Gasteiger partial charge >= 0.3 is 8.53 Å².